The van der Waals surface area contributed by atoms with Crippen LogP contribution in [0, 0.1) is 17.0 Å². The standard InChI is InChI=1S/C20H17ClN2O5/c1-12-16(20(24)22-11-13-5-3-4-6-18(13)27-2)10-19(28-12)15-8-7-14(21)9-17(15)23(25)26/h3-10H,11H2,1-2H3,(H,22,24). The van der Waals surface area contributed by atoms with E-state index < -0.39 is 4.92 Å². The molecule has 0 spiro atoms. The molecule has 144 valence electrons. The van der Waals surface area contributed by atoms with Crippen molar-refractivity contribution in [3.63, 3.8) is 0 Å². The molecule has 0 saturated carbocycles. The highest BCUT2D eigenvalue weighted by atomic mass is 35.5. The third-order valence-electron chi connectivity index (χ3n) is 4.22. The zero-order chi connectivity index (χ0) is 20.3. The number of benzene rings is 2. The predicted octanol–water partition coefficient (Wildman–Crippen LogP) is 4.76. The maximum Gasteiger partial charge on any atom is 0.281 e. The predicted molar refractivity (Wildman–Crippen MR) is 105 cm³/mol. The van der Waals surface area contributed by atoms with Gasteiger partial charge in [0.2, 0.25) is 0 Å². The molecule has 1 aromatic heterocycles. The lowest BCUT2D eigenvalue weighted by Gasteiger charge is -2.09. The lowest BCUT2D eigenvalue weighted by molar-refractivity contribution is -0.384. The fraction of sp³-hybridized carbons (Fsp3) is 0.150. The molecule has 0 fully saturated rings. The molecule has 0 aliphatic heterocycles. The van der Waals surface area contributed by atoms with Gasteiger partial charge < -0.3 is 14.5 Å². The molecule has 3 aromatic rings. The molecule has 8 heteroatoms. The first-order valence-electron chi connectivity index (χ1n) is 8.35. The number of nitro benzene ring substituents is 1. The van der Waals surface area contributed by atoms with Gasteiger partial charge in [-0.2, -0.15) is 0 Å². The lowest BCUT2D eigenvalue weighted by Crippen LogP contribution is -2.23. The van der Waals surface area contributed by atoms with Gasteiger partial charge in [0.15, 0.2) is 0 Å². The molecule has 1 N–H and O–H groups in total. The van der Waals surface area contributed by atoms with Crippen LogP contribution in [0.3, 0.4) is 0 Å². The average Bonchev–Trinajstić information content (AvgIpc) is 3.07. The van der Waals surface area contributed by atoms with Crippen molar-refractivity contribution in [2.45, 2.75) is 13.5 Å². The number of hydrogen-bond donors (Lipinski definition) is 1. The largest absolute Gasteiger partial charge is 0.496 e. The second-order valence-corrected chi connectivity index (χ2v) is 6.43. The second kappa shape index (κ2) is 8.14. The molecule has 0 saturated heterocycles. The van der Waals surface area contributed by atoms with Gasteiger partial charge in [-0.1, -0.05) is 29.8 Å². The topological polar surface area (TPSA) is 94.6 Å². The van der Waals surface area contributed by atoms with Crippen LogP contribution in [0.15, 0.2) is 52.9 Å². The Morgan fingerprint density at radius 1 is 1.25 bits per heavy atom. The molecule has 0 atom stereocenters. The van der Waals surface area contributed by atoms with Crippen molar-refractivity contribution >= 4 is 23.2 Å². The molecule has 28 heavy (non-hydrogen) atoms. The number of nitro groups is 1. The number of nitrogens with one attached hydrogen (secondary N) is 1. The summed E-state index contributed by atoms with van der Waals surface area (Å²) in [7, 11) is 1.56. The number of hydrogen-bond acceptors (Lipinski definition) is 5. The number of amides is 1. The number of nitrogens with zero attached hydrogens (tertiary/aromatic N) is 1. The molecule has 0 bridgehead atoms. The van der Waals surface area contributed by atoms with Gasteiger partial charge >= 0.3 is 0 Å². The van der Waals surface area contributed by atoms with Gasteiger partial charge in [0, 0.05) is 23.2 Å². The van der Waals surface area contributed by atoms with E-state index in [1.807, 2.05) is 24.3 Å². The number of para-hydroxylation sites is 1. The summed E-state index contributed by atoms with van der Waals surface area (Å²) in [5.41, 5.74) is 1.19. The molecule has 2 aromatic carbocycles. The number of carbonyl (C=O) groups excluding carboxylic acids is 1. The number of aryl methyl sites for hydroxylation is 1. The summed E-state index contributed by atoms with van der Waals surface area (Å²) in [4.78, 5) is 23.4. The van der Waals surface area contributed by atoms with Crippen LogP contribution in [0.25, 0.3) is 11.3 Å². The highest BCUT2D eigenvalue weighted by Crippen LogP contribution is 2.34. The van der Waals surface area contributed by atoms with Gasteiger partial charge in [0.05, 0.1) is 23.2 Å². The first-order chi connectivity index (χ1) is 13.4. The van der Waals surface area contributed by atoms with E-state index in [4.69, 9.17) is 20.8 Å². The number of rotatable bonds is 6. The normalized spacial score (nSPS) is 10.5. The van der Waals surface area contributed by atoms with Crippen LogP contribution in [-0.2, 0) is 6.54 Å². The molecule has 3 rings (SSSR count). The first kappa shape index (κ1) is 19.4. The highest BCUT2D eigenvalue weighted by molar-refractivity contribution is 6.30. The Morgan fingerprint density at radius 3 is 2.71 bits per heavy atom. The van der Waals surface area contributed by atoms with Gasteiger partial charge in [-0.05, 0) is 31.2 Å². The van der Waals surface area contributed by atoms with Crippen molar-refractivity contribution < 1.29 is 18.9 Å². The Kier molecular flexibility index (Phi) is 5.65. The number of methoxy groups -OCH3 is 1. The van der Waals surface area contributed by atoms with Gasteiger partial charge in [-0.3, -0.25) is 14.9 Å². The first-order valence-corrected chi connectivity index (χ1v) is 8.73. The quantitative estimate of drug-likeness (QED) is 0.475. The molecular formula is C20H17ClN2O5. The van der Waals surface area contributed by atoms with Gasteiger partial charge in [0.25, 0.3) is 11.6 Å². The van der Waals surface area contributed by atoms with E-state index in [-0.39, 0.29) is 34.5 Å². The van der Waals surface area contributed by atoms with E-state index in [1.54, 1.807) is 14.0 Å². The van der Waals surface area contributed by atoms with E-state index in [1.165, 1.54) is 24.3 Å². The van der Waals surface area contributed by atoms with Crippen LogP contribution in [0.4, 0.5) is 5.69 Å². The van der Waals surface area contributed by atoms with Crippen LogP contribution >= 0.6 is 11.6 Å². The Morgan fingerprint density at radius 2 is 2.00 bits per heavy atom. The maximum atomic E-state index is 12.6. The number of halogens is 1. The van der Waals surface area contributed by atoms with E-state index in [0.717, 1.165) is 5.56 Å². The number of carbonyl (C=O) groups is 1. The molecule has 0 radical (unpaired) electrons. The smallest absolute Gasteiger partial charge is 0.281 e. The van der Waals surface area contributed by atoms with Crippen LogP contribution in [-0.4, -0.2) is 17.9 Å². The molecule has 0 unspecified atom stereocenters. The Labute approximate surface area is 166 Å². The van der Waals surface area contributed by atoms with Gasteiger partial charge in [-0.15, -0.1) is 0 Å². The summed E-state index contributed by atoms with van der Waals surface area (Å²) >= 11 is 5.85. The zero-order valence-corrected chi connectivity index (χ0v) is 15.9. The monoisotopic (exact) mass is 400 g/mol. The van der Waals surface area contributed by atoms with Crippen LogP contribution < -0.4 is 10.1 Å². The van der Waals surface area contributed by atoms with Crippen molar-refractivity contribution in [3.8, 4) is 17.1 Å². The molecule has 1 heterocycles. The summed E-state index contributed by atoms with van der Waals surface area (Å²) in [5, 5.41) is 14.4. The summed E-state index contributed by atoms with van der Waals surface area (Å²) in [6.45, 7) is 1.90. The Hall–Kier alpha value is -3.32. The zero-order valence-electron chi connectivity index (χ0n) is 15.2. The van der Waals surface area contributed by atoms with Gasteiger partial charge in [-0.25, -0.2) is 0 Å². The second-order valence-electron chi connectivity index (χ2n) is 5.99. The van der Waals surface area contributed by atoms with Gasteiger partial charge in [0.1, 0.15) is 17.3 Å². The summed E-state index contributed by atoms with van der Waals surface area (Å²) in [6, 6.07) is 13.1. The van der Waals surface area contributed by atoms with Crippen LogP contribution in [0.1, 0.15) is 21.7 Å². The SMILES string of the molecule is COc1ccccc1CNC(=O)c1cc(-c2ccc(Cl)cc2[N+](=O)[O-])oc1C. The van der Waals surface area contributed by atoms with E-state index in [2.05, 4.69) is 5.32 Å². The number of ether oxygens (including phenoxy) is 1. The molecule has 0 aliphatic carbocycles. The minimum absolute atomic E-state index is 0.192. The lowest BCUT2D eigenvalue weighted by atomic mass is 10.1. The molecule has 1 amide bonds. The average molecular weight is 401 g/mol. The van der Waals surface area contributed by atoms with Crippen LogP contribution in [0.5, 0.6) is 5.75 Å². The summed E-state index contributed by atoms with van der Waals surface area (Å²) in [6.07, 6.45) is 0. The molecule has 0 aliphatic rings. The van der Waals surface area contributed by atoms with Crippen molar-refractivity contribution in [3.05, 3.63) is 80.6 Å². The Balaban J connectivity index is 1.85. The third-order valence-corrected chi connectivity index (χ3v) is 4.45. The fourth-order valence-corrected chi connectivity index (χ4v) is 2.99. The minimum Gasteiger partial charge on any atom is -0.496 e. The molecular weight excluding hydrogens is 384 g/mol. The van der Waals surface area contributed by atoms with Crippen molar-refractivity contribution in [2.24, 2.45) is 0 Å². The van der Waals surface area contributed by atoms with Crippen molar-refractivity contribution in [1.82, 2.24) is 5.32 Å². The third kappa shape index (κ3) is 3.99. The van der Waals surface area contributed by atoms with E-state index >= 15 is 0 Å². The maximum absolute atomic E-state index is 12.6. The van der Waals surface area contributed by atoms with Crippen LogP contribution in [0.2, 0.25) is 5.02 Å². The van der Waals surface area contributed by atoms with E-state index in [0.29, 0.717) is 17.1 Å². The van der Waals surface area contributed by atoms with Crippen molar-refractivity contribution in [2.75, 3.05) is 7.11 Å². The number of furan rings is 1. The minimum atomic E-state index is -0.541. The Bertz CT molecular complexity index is 1040. The van der Waals surface area contributed by atoms with E-state index in [9.17, 15) is 14.9 Å². The summed E-state index contributed by atoms with van der Waals surface area (Å²) < 4.78 is 10.9. The highest BCUT2D eigenvalue weighted by Gasteiger charge is 2.22. The fourth-order valence-electron chi connectivity index (χ4n) is 2.82. The van der Waals surface area contributed by atoms with Crippen molar-refractivity contribution in [1.29, 1.82) is 0 Å². The summed E-state index contributed by atoms with van der Waals surface area (Å²) in [5.74, 6) is 0.902. The molecule has 7 nitrogen and oxygen atoms in total.